The Morgan fingerprint density at radius 1 is 0.712 bits per heavy atom. The first-order chi connectivity index (χ1) is 32.2. The highest BCUT2D eigenvalue weighted by atomic mass is 15.6. The monoisotopic (exact) mass is 865 g/mol. The number of nitrogens with one attached hydrogen (secondary N) is 4. The van der Waals surface area contributed by atoms with Gasteiger partial charge in [0.1, 0.15) is 18.2 Å². The number of hydrogen-bond acceptors (Lipinski definition) is 12. The average molecular weight is 866 g/mol. The first kappa shape index (κ1) is 40.1. The molecule has 5 aromatic heterocycles. The summed E-state index contributed by atoms with van der Waals surface area (Å²) in [5.74, 6) is 0.293. The Hall–Kier alpha value is -8.71. The lowest BCUT2D eigenvalue weighted by molar-refractivity contribution is 0.329. The van der Waals surface area contributed by atoms with Crippen LogP contribution in [0.1, 0.15) is 39.9 Å². The number of rotatable bonds is 10. The first-order valence-corrected chi connectivity index (χ1v) is 21.8. The van der Waals surface area contributed by atoms with Gasteiger partial charge in [-0.2, -0.15) is 0 Å². The van der Waals surface area contributed by atoms with Crippen LogP contribution >= 0.6 is 0 Å². The molecule has 6 N–H and O–H groups in total. The Bertz CT molecular complexity index is 3540. The second-order valence-electron chi connectivity index (χ2n) is 16.8. The lowest BCUT2D eigenvalue weighted by Gasteiger charge is -2.42. The van der Waals surface area contributed by atoms with Crippen LogP contribution in [-0.2, 0) is 0 Å². The number of aryl methyl sites for hydroxylation is 4. The molecule has 0 saturated heterocycles. The Labute approximate surface area is 381 Å². The van der Waals surface area contributed by atoms with Gasteiger partial charge in [0.25, 0.3) is 0 Å². The van der Waals surface area contributed by atoms with Crippen LogP contribution in [0.3, 0.4) is 0 Å². The molecule has 1 aliphatic heterocycles. The van der Waals surface area contributed by atoms with Crippen LogP contribution < -0.4 is 31.9 Å². The van der Waals surface area contributed by atoms with E-state index in [2.05, 4.69) is 186 Å². The van der Waals surface area contributed by atoms with Crippen molar-refractivity contribution in [2.75, 3.05) is 39.0 Å². The average Bonchev–Trinajstić information content (AvgIpc) is 3.71. The fraction of sp³-hybridized carbons (Fsp3) is 0.113. The number of nitrogens with two attached hydrogens (primary N) is 1. The number of aromatic amines is 1. The standard InChI is InChI=1S/C53H47N13/c1-31-16-18-45-48(49(31)63-65(38-17-19-43-37(27-38)26-32(2)59-43)53-41-12-7-6-10-35(41)22-25-64(53)5)51(50(34(4)60-45)61-44-14-9-13-39-33(3)57-24-21-42(39)44)66(62-46-29-56-30-58-52(46)54)47-15-8-11-36-28-55-23-20-40(36)47/h6-30,53,59,61-63H,1-5H3,(H2,54,56,58). The fourth-order valence-corrected chi connectivity index (χ4v) is 9.28. The highest BCUT2D eigenvalue weighted by Crippen LogP contribution is 2.48. The second kappa shape index (κ2) is 16.1. The van der Waals surface area contributed by atoms with Crippen LogP contribution in [0.2, 0.25) is 0 Å². The maximum atomic E-state index is 6.66. The third-order valence-corrected chi connectivity index (χ3v) is 12.5. The van der Waals surface area contributed by atoms with Crippen LogP contribution in [0.4, 0.5) is 45.6 Å². The minimum atomic E-state index is -0.258. The van der Waals surface area contributed by atoms with E-state index >= 15 is 0 Å². The number of nitrogen functional groups attached to an aromatic ring is 1. The number of pyridine rings is 3. The van der Waals surface area contributed by atoms with E-state index in [0.717, 1.165) is 111 Å². The summed E-state index contributed by atoms with van der Waals surface area (Å²) in [4.78, 5) is 29.1. The second-order valence-corrected chi connectivity index (χ2v) is 16.8. The SMILES string of the molecule is Cc1cc2cc(N(Nc3c(C)ccc4nc(C)c(Nc5cccc6c(C)nccc56)c(N(Nc5cncnc5N)c5cccc6cnccc56)c34)C3c4ccccc4C=CN3C)ccc2[nH]1. The summed E-state index contributed by atoms with van der Waals surface area (Å²) in [6.45, 7) is 8.30. The summed E-state index contributed by atoms with van der Waals surface area (Å²) in [7, 11) is 2.12. The predicted octanol–water partition coefficient (Wildman–Crippen LogP) is 11.8. The van der Waals surface area contributed by atoms with Gasteiger partial charge < -0.3 is 20.9 Å². The van der Waals surface area contributed by atoms with Crippen LogP contribution in [0.5, 0.6) is 0 Å². The summed E-state index contributed by atoms with van der Waals surface area (Å²) in [5, 5.41) is 14.3. The summed E-state index contributed by atoms with van der Waals surface area (Å²) in [6.07, 6.45) is 12.7. The number of hydrazine groups is 2. The van der Waals surface area contributed by atoms with E-state index in [4.69, 9.17) is 10.7 Å². The van der Waals surface area contributed by atoms with Gasteiger partial charge in [-0.1, -0.05) is 54.6 Å². The van der Waals surface area contributed by atoms with Crippen molar-refractivity contribution in [1.29, 1.82) is 0 Å². The molecule has 13 heteroatoms. The molecule has 0 bridgehead atoms. The van der Waals surface area contributed by atoms with E-state index in [-0.39, 0.29) is 6.17 Å². The van der Waals surface area contributed by atoms with Gasteiger partial charge >= 0.3 is 0 Å². The van der Waals surface area contributed by atoms with Crippen molar-refractivity contribution >= 4 is 95.1 Å². The smallest absolute Gasteiger partial charge is 0.152 e. The summed E-state index contributed by atoms with van der Waals surface area (Å²) >= 11 is 0. The quantitative estimate of drug-likeness (QED) is 0.0832. The van der Waals surface area contributed by atoms with Crippen molar-refractivity contribution in [3.8, 4) is 0 Å². The van der Waals surface area contributed by atoms with Crippen molar-refractivity contribution < 1.29 is 0 Å². The van der Waals surface area contributed by atoms with E-state index in [1.165, 1.54) is 6.33 Å². The van der Waals surface area contributed by atoms with Crippen LogP contribution in [0.25, 0.3) is 49.4 Å². The van der Waals surface area contributed by atoms with Crippen molar-refractivity contribution in [3.05, 3.63) is 180 Å². The molecular formula is C53H47N13. The van der Waals surface area contributed by atoms with Crippen molar-refractivity contribution in [2.24, 2.45) is 0 Å². The zero-order valence-corrected chi connectivity index (χ0v) is 37.2. The molecule has 0 radical (unpaired) electrons. The number of hydrogen-bond donors (Lipinski definition) is 5. The molecule has 6 heterocycles. The predicted molar refractivity (Wildman–Crippen MR) is 270 cm³/mol. The lowest BCUT2D eigenvalue weighted by Crippen LogP contribution is -2.43. The van der Waals surface area contributed by atoms with E-state index in [1.54, 1.807) is 6.20 Å². The fourth-order valence-electron chi connectivity index (χ4n) is 9.28. The highest BCUT2D eigenvalue weighted by Gasteiger charge is 2.32. The lowest BCUT2D eigenvalue weighted by atomic mass is 10.00. The Morgan fingerprint density at radius 2 is 1.58 bits per heavy atom. The maximum Gasteiger partial charge on any atom is 0.152 e. The minimum absolute atomic E-state index is 0.258. The molecule has 0 fully saturated rings. The van der Waals surface area contributed by atoms with Crippen molar-refractivity contribution in [1.82, 2.24) is 34.8 Å². The van der Waals surface area contributed by atoms with Crippen molar-refractivity contribution in [3.63, 3.8) is 0 Å². The number of aromatic nitrogens is 6. The molecule has 0 saturated carbocycles. The molecule has 11 rings (SSSR count). The molecule has 1 aliphatic rings. The molecule has 0 spiro atoms. The number of benzene rings is 5. The van der Waals surface area contributed by atoms with Gasteiger partial charge in [0.05, 0.1) is 51.2 Å². The first-order valence-electron chi connectivity index (χ1n) is 21.8. The topological polar surface area (TPSA) is 152 Å². The van der Waals surface area contributed by atoms with E-state index in [1.807, 2.05) is 44.6 Å². The summed E-state index contributed by atoms with van der Waals surface area (Å²) < 4.78 is 0. The number of fused-ring (bicyclic) bond motifs is 5. The van der Waals surface area contributed by atoms with E-state index in [0.29, 0.717) is 11.5 Å². The molecule has 1 unspecified atom stereocenters. The van der Waals surface area contributed by atoms with Gasteiger partial charge in [-0.3, -0.25) is 35.8 Å². The summed E-state index contributed by atoms with van der Waals surface area (Å²) in [6, 6.07) is 38.1. The molecule has 1 atom stereocenters. The highest BCUT2D eigenvalue weighted by molar-refractivity contribution is 6.13. The largest absolute Gasteiger partial charge is 0.382 e. The molecule has 5 aromatic carbocycles. The number of anilines is 8. The third-order valence-electron chi connectivity index (χ3n) is 12.5. The molecule has 0 aliphatic carbocycles. The van der Waals surface area contributed by atoms with Crippen LogP contribution in [0.15, 0.2) is 147 Å². The van der Waals surface area contributed by atoms with Gasteiger partial charge in [-0.25, -0.2) is 9.97 Å². The Morgan fingerprint density at radius 3 is 2.47 bits per heavy atom. The van der Waals surface area contributed by atoms with Crippen LogP contribution in [0, 0.1) is 27.7 Å². The zero-order chi connectivity index (χ0) is 45.1. The molecular weight excluding hydrogens is 819 g/mol. The molecule has 324 valence electrons. The normalized spacial score (nSPS) is 13.3. The maximum absolute atomic E-state index is 6.66. The molecule has 66 heavy (non-hydrogen) atoms. The third kappa shape index (κ3) is 6.94. The van der Waals surface area contributed by atoms with Crippen molar-refractivity contribution in [2.45, 2.75) is 33.9 Å². The number of H-pyrrole nitrogens is 1. The Kier molecular flexibility index (Phi) is 9.80. The van der Waals surface area contributed by atoms with E-state index in [9.17, 15) is 0 Å². The van der Waals surface area contributed by atoms with Gasteiger partial charge in [0.2, 0.25) is 0 Å². The number of nitrogens with zero attached hydrogens (tertiary/aromatic N) is 8. The molecule has 0 amide bonds. The van der Waals surface area contributed by atoms with Gasteiger partial charge in [-0.15, -0.1) is 0 Å². The Balaban J connectivity index is 1.22. The van der Waals surface area contributed by atoms with Crippen LogP contribution in [-0.4, -0.2) is 41.9 Å². The zero-order valence-electron chi connectivity index (χ0n) is 37.2. The summed E-state index contributed by atoms with van der Waals surface area (Å²) in [5.41, 5.74) is 28.1. The van der Waals surface area contributed by atoms with Gasteiger partial charge in [-0.05, 0) is 99.5 Å². The van der Waals surface area contributed by atoms with Gasteiger partial charge in [0, 0.05) is 86.9 Å². The molecule has 13 nitrogen and oxygen atoms in total. The molecule has 10 aromatic rings. The minimum Gasteiger partial charge on any atom is -0.382 e. The van der Waals surface area contributed by atoms with E-state index < -0.39 is 0 Å². The van der Waals surface area contributed by atoms with Gasteiger partial charge in [0.15, 0.2) is 5.82 Å².